The third-order valence-electron chi connectivity index (χ3n) is 2.36. The molecule has 1 N–H and O–H groups in total. The number of rotatable bonds is 4. The van der Waals surface area contributed by atoms with Gasteiger partial charge in [0.05, 0.1) is 6.04 Å². The number of hydrogen-bond acceptors (Lipinski definition) is 1. The summed E-state index contributed by atoms with van der Waals surface area (Å²) in [4.78, 5) is 11.5. The Labute approximate surface area is 110 Å². The minimum atomic E-state index is -0.496. The number of halogens is 2. The molecule has 0 saturated carbocycles. The molecule has 4 heteroatoms. The Balaban J connectivity index is 2.74. The SMILES string of the molecule is CCC(NC(=O)C(C)Cl)c1ccc(Br)cc1. The first-order valence-electron chi connectivity index (χ1n) is 5.24. The number of amides is 1. The van der Waals surface area contributed by atoms with Crippen molar-refractivity contribution in [2.75, 3.05) is 0 Å². The largest absolute Gasteiger partial charge is 0.348 e. The van der Waals surface area contributed by atoms with Crippen LogP contribution in [-0.2, 0) is 4.79 Å². The van der Waals surface area contributed by atoms with E-state index in [2.05, 4.69) is 21.2 Å². The zero-order valence-electron chi connectivity index (χ0n) is 9.34. The summed E-state index contributed by atoms with van der Waals surface area (Å²) in [5.41, 5.74) is 1.09. The molecule has 0 saturated heterocycles. The van der Waals surface area contributed by atoms with Gasteiger partial charge in [0.15, 0.2) is 0 Å². The van der Waals surface area contributed by atoms with Gasteiger partial charge in [0.25, 0.3) is 0 Å². The van der Waals surface area contributed by atoms with Crippen LogP contribution in [0.25, 0.3) is 0 Å². The summed E-state index contributed by atoms with van der Waals surface area (Å²) in [6.07, 6.45) is 0.844. The van der Waals surface area contributed by atoms with Crippen LogP contribution in [0.5, 0.6) is 0 Å². The molecule has 0 heterocycles. The average molecular weight is 305 g/mol. The van der Waals surface area contributed by atoms with Crippen molar-refractivity contribution in [3.05, 3.63) is 34.3 Å². The fourth-order valence-corrected chi connectivity index (χ4v) is 1.73. The minimum Gasteiger partial charge on any atom is -0.348 e. The van der Waals surface area contributed by atoms with E-state index in [9.17, 15) is 4.79 Å². The molecule has 1 aromatic carbocycles. The fraction of sp³-hybridized carbons (Fsp3) is 0.417. The van der Waals surface area contributed by atoms with E-state index in [1.54, 1.807) is 6.92 Å². The number of hydrogen-bond donors (Lipinski definition) is 1. The van der Waals surface area contributed by atoms with Crippen molar-refractivity contribution < 1.29 is 4.79 Å². The lowest BCUT2D eigenvalue weighted by Crippen LogP contribution is -2.33. The van der Waals surface area contributed by atoms with E-state index in [4.69, 9.17) is 11.6 Å². The third-order valence-corrected chi connectivity index (χ3v) is 3.09. The van der Waals surface area contributed by atoms with Crippen molar-refractivity contribution in [1.82, 2.24) is 5.32 Å². The third kappa shape index (κ3) is 3.80. The number of alkyl halides is 1. The molecule has 1 aromatic rings. The molecule has 0 aliphatic rings. The number of carbonyl (C=O) groups excluding carboxylic acids is 1. The predicted octanol–water partition coefficient (Wildman–Crippen LogP) is 3.64. The van der Waals surface area contributed by atoms with Gasteiger partial charge < -0.3 is 5.32 Å². The second kappa shape index (κ2) is 6.26. The maximum Gasteiger partial charge on any atom is 0.238 e. The van der Waals surface area contributed by atoms with E-state index in [0.29, 0.717) is 0 Å². The summed E-state index contributed by atoms with van der Waals surface area (Å²) in [5, 5.41) is 2.42. The Morgan fingerprint density at radius 2 is 2.00 bits per heavy atom. The van der Waals surface area contributed by atoms with Crippen LogP contribution in [0.3, 0.4) is 0 Å². The molecule has 0 fully saturated rings. The monoisotopic (exact) mass is 303 g/mol. The van der Waals surface area contributed by atoms with Gasteiger partial charge >= 0.3 is 0 Å². The first-order valence-corrected chi connectivity index (χ1v) is 6.47. The lowest BCUT2D eigenvalue weighted by molar-refractivity contribution is -0.121. The molecule has 88 valence electrons. The highest BCUT2D eigenvalue weighted by Crippen LogP contribution is 2.19. The Bertz CT molecular complexity index is 351. The van der Waals surface area contributed by atoms with Crippen LogP contribution >= 0.6 is 27.5 Å². The summed E-state index contributed by atoms with van der Waals surface area (Å²) in [7, 11) is 0. The molecule has 0 bridgehead atoms. The molecular weight excluding hydrogens is 289 g/mol. The number of benzene rings is 1. The van der Waals surface area contributed by atoms with Gasteiger partial charge in [-0.2, -0.15) is 0 Å². The molecule has 1 amide bonds. The van der Waals surface area contributed by atoms with E-state index in [0.717, 1.165) is 16.5 Å². The second-order valence-corrected chi connectivity index (χ2v) is 5.21. The second-order valence-electron chi connectivity index (χ2n) is 3.64. The van der Waals surface area contributed by atoms with Crippen LogP contribution in [-0.4, -0.2) is 11.3 Å². The van der Waals surface area contributed by atoms with Crippen LogP contribution in [0, 0.1) is 0 Å². The standard InChI is InChI=1S/C12H15BrClNO/c1-3-11(15-12(16)8(2)14)9-4-6-10(13)7-5-9/h4-8,11H,3H2,1-2H3,(H,15,16). The Hall–Kier alpha value is -0.540. The van der Waals surface area contributed by atoms with Gasteiger partial charge in [0.1, 0.15) is 5.38 Å². The van der Waals surface area contributed by atoms with Crippen LogP contribution < -0.4 is 5.32 Å². The highest BCUT2D eigenvalue weighted by atomic mass is 79.9. The van der Waals surface area contributed by atoms with E-state index in [1.165, 1.54) is 0 Å². The van der Waals surface area contributed by atoms with Crippen molar-refractivity contribution in [2.45, 2.75) is 31.7 Å². The quantitative estimate of drug-likeness (QED) is 0.845. The van der Waals surface area contributed by atoms with Crippen LogP contribution in [0.15, 0.2) is 28.7 Å². The molecule has 0 aliphatic heterocycles. The van der Waals surface area contributed by atoms with Crippen LogP contribution in [0.2, 0.25) is 0 Å². The fourth-order valence-electron chi connectivity index (χ4n) is 1.40. The molecule has 0 aromatic heterocycles. The van der Waals surface area contributed by atoms with Gasteiger partial charge in [0.2, 0.25) is 5.91 Å². The van der Waals surface area contributed by atoms with E-state index >= 15 is 0 Å². The van der Waals surface area contributed by atoms with Crippen molar-refractivity contribution in [3.63, 3.8) is 0 Å². The molecule has 1 rings (SSSR count). The predicted molar refractivity (Wildman–Crippen MR) is 70.6 cm³/mol. The highest BCUT2D eigenvalue weighted by Gasteiger charge is 2.15. The zero-order chi connectivity index (χ0) is 12.1. The van der Waals surface area contributed by atoms with Crippen molar-refractivity contribution in [1.29, 1.82) is 0 Å². The molecule has 0 aliphatic carbocycles. The number of carbonyl (C=O) groups is 1. The maximum absolute atomic E-state index is 11.5. The summed E-state index contributed by atoms with van der Waals surface area (Å²) in [6, 6.07) is 7.96. The Morgan fingerprint density at radius 1 is 1.44 bits per heavy atom. The lowest BCUT2D eigenvalue weighted by atomic mass is 10.0. The van der Waals surface area contributed by atoms with E-state index in [1.807, 2.05) is 31.2 Å². The average Bonchev–Trinajstić information content (AvgIpc) is 2.26. The first-order chi connectivity index (χ1) is 7.54. The molecular formula is C12H15BrClNO. The lowest BCUT2D eigenvalue weighted by Gasteiger charge is -2.18. The number of nitrogens with one attached hydrogen (secondary N) is 1. The summed E-state index contributed by atoms with van der Waals surface area (Å²) in [5.74, 6) is -0.128. The topological polar surface area (TPSA) is 29.1 Å². The van der Waals surface area contributed by atoms with Gasteiger partial charge in [-0.05, 0) is 31.0 Å². The van der Waals surface area contributed by atoms with E-state index < -0.39 is 5.38 Å². The first kappa shape index (κ1) is 13.5. The van der Waals surface area contributed by atoms with Crippen molar-refractivity contribution in [2.24, 2.45) is 0 Å². The summed E-state index contributed by atoms with van der Waals surface area (Å²) >= 11 is 9.10. The zero-order valence-corrected chi connectivity index (χ0v) is 11.7. The van der Waals surface area contributed by atoms with Gasteiger partial charge in [-0.25, -0.2) is 0 Å². The molecule has 16 heavy (non-hydrogen) atoms. The van der Waals surface area contributed by atoms with Gasteiger partial charge in [-0.15, -0.1) is 11.6 Å². The van der Waals surface area contributed by atoms with Gasteiger partial charge in [-0.1, -0.05) is 35.0 Å². The minimum absolute atomic E-state index is 0.0294. The van der Waals surface area contributed by atoms with Crippen molar-refractivity contribution >= 4 is 33.4 Å². The molecule has 2 nitrogen and oxygen atoms in total. The Kier molecular flexibility index (Phi) is 5.29. The molecule has 0 radical (unpaired) electrons. The molecule has 0 spiro atoms. The van der Waals surface area contributed by atoms with Gasteiger partial charge in [0, 0.05) is 4.47 Å². The Morgan fingerprint density at radius 3 is 2.44 bits per heavy atom. The summed E-state index contributed by atoms with van der Waals surface area (Å²) < 4.78 is 1.03. The van der Waals surface area contributed by atoms with Crippen LogP contribution in [0.4, 0.5) is 0 Å². The van der Waals surface area contributed by atoms with Crippen molar-refractivity contribution in [3.8, 4) is 0 Å². The summed E-state index contributed by atoms with van der Waals surface area (Å²) in [6.45, 7) is 3.71. The van der Waals surface area contributed by atoms with Crippen LogP contribution in [0.1, 0.15) is 31.9 Å². The normalized spacial score (nSPS) is 14.2. The molecule has 2 unspecified atom stereocenters. The molecule has 2 atom stereocenters. The van der Waals surface area contributed by atoms with E-state index in [-0.39, 0.29) is 11.9 Å². The van der Waals surface area contributed by atoms with Gasteiger partial charge in [-0.3, -0.25) is 4.79 Å². The smallest absolute Gasteiger partial charge is 0.238 e. The highest BCUT2D eigenvalue weighted by molar-refractivity contribution is 9.10. The maximum atomic E-state index is 11.5.